The van der Waals surface area contributed by atoms with E-state index in [4.69, 9.17) is 10.2 Å². The minimum atomic E-state index is -1.07. The standard InChI is InChI=1S/C23H18N4O6/c1-26-20(28)16(18(24-26)12-3-7-14(8-4-12)22(30)31)11-17-19(25-27(2)21(17)29)13-5-9-15(10-6-13)23(32)33/h3-11,28H,1-2H3,(H,30,31)(H,32,33). The first-order chi connectivity index (χ1) is 15.7. The topological polar surface area (TPSA) is 145 Å². The molecule has 0 unspecified atom stereocenters. The van der Waals surface area contributed by atoms with Crippen molar-refractivity contribution in [3.63, 3.8) is 0 Å². The quantitative estimate of drug-likeness (QED) is 0.510. The SMILES string of the molecule is CN1N=C(c2ccc(C(=O)O)cc2)C(=Cc2c(-c3ccc(C(=O)O)cc3)nn(C)c2O)C1=O. The molecular weight excluding hydrogens is 428 g/mol. The average molecular weight is 446 g/mol. The predicted molar refractivity (Wildman–Crippen MR) is 118 cm³/mol. The summed E-state index contributed by atoms with van der Waals surface area (Å²) in [5, 5.41) is 38.6. The van der Waals surface area contributed by atoms with E-state index in [-0.39, 0.29) is 28.1 Å². The summed E-state index contributed by atoms with van der Waals surface area (Å²) >= 11 is 0. The van der Waals surface area contributed by atoms with E-state index in [2.05, 4.69) is 10.2 Å². The molecule has 1 aromatic heterocycles. The highest BCUT2D eigenvalue weighted by atomic mass is 16.4. The van der Waals surface area contributed by atoms with Gasteiger partial charge in [-0.1, -0.05) is 24.3 Å². The molecule has 4 rings (SSSR count). The van der Waals surface area contributed by atoms with Gasteiger partial charge >= 0.3 is 11.9 Å². The van der Waals surface area contributed by atoms with E-state index in [0.717, 1.165) is 5.01 Å². The summed E-state index contributed by atoms with van der Waals surface area (Å²) in [6, 6.07) is 11.9. The van der Waals surface area contributed by atoms with Gasteiger partial charge in [-0.2, -0.15) is 10.2 Å². The van der Waals surface area contributed by atoms with Gasteiger partial charge in [0.05, 0.1) is 22.3 Å². The number of nitrogens with zero attached hydrogens (tertiary/aromatic N) is 4. The van der Waals surface area contributed by atoms with Gasteiger partial charge < -0.3 is 15.3 Å². The monoisotopic (exact) mass is 446 g/mol. The lowest BCUT2D eigenvalue weighted by Crippen LogP contribution is -2.17. The second-order valence-corrected chi connectivity index (χ2v) is 7.31. The maximum absolute atomic E-state index is 12.8. The van der Waals surface area contributed by atoms with Gasteiger partial charge in [-0.05, 0) is 30.3 Å². The van der Waals surface area contributed by atoms with Gasteiger partial charge in [0.1, 0.15) is 11.4 Å². The Balaban J connectivity index is 1.81. The van der Waals surface area contributed by atoms with E-state index in [9.17, 15) is 19.5 Å². The highest BCUT2D eigenvalue weighted by Crippen LogP contribution is 2.33. The lowest BCUT2D eigenvalue weighted by Gasteiger charge is -2.05. The van der Waals surface area contributed by atoms with Gasteiger partial charge in [0.25, 0.3) is 5.91 Å². The lowest BCUT2D eigenvalue weighted by molar-refractivity contribution is -0.124. The fraction of sp³-hybridized carbons (Fsp3) is 0.0870. The Morgan fingerprint density at radius 3 is 1.91 bits per heavy atom. The van der Waals surface area contributed by atoms with Crippen LogP contribution >= 0.6 is 0 Å². The van der Waals surface area contributed by atoms with Crippen molar-refractivity contribution < 1.29 is 29.7 Å². The minimum Gasteiger partial charge on any atom is -0.493 e. The first-order valence-electron chi connectivity index (χ1n) is 9.69. The summed E-state index contributed by atoms with van der Waals surface area (Å²) in [5.74, 6) is -2.75. The molecule has 2 aromatic carbocycles. The van der Waals surface area contributed by atoms with Crippen LogP contribution in [0, 0.1) is 0 Å². The van der Waals surface area contributed by atoms with E-state index in [1.165, 1.54) is 49.1 Å². The molecule has 0 saturated heterocycles. The van der Waals surface area contributed by atoms with Crippen molar-refractivity contribution in [2.24, 2.45) is 12.1 Å². The molecule has 3 aromatic rings. The normalized spacial score (nSPS) is 14.6. The van der Waals surface area contributed by atoms with E-state index < -0.39 is 17.8 Å². The van der Waals surface area contributed by atoms with Crippen molar-refractivity contribution in [1.29, 1.82) is 0 Å². The molecule has 166 valence electrons. The number of hydrogen-bond donors (Lipinski definition) is 3. The van der Waals surface area contributed by atoms with Crippen molar-refractivity contribution in [3.8, 4) is 17.1 Å². The molecule has 10 nitrogen and oxygen atoms in total. The number of carboxylic acids is 2. The molecule has 0 spiro atoms. The molecule has 0 aliphatic carbocycles. The van der Waals surface area contributed by atoms with Gasteiger partial charge in [-0.15, -0.1) is 0 Å². The van der Waals surface area contributed by atoms with Crippen molar-refractivity contribution in [1.82, 2.24) is 14.8 Å². The summed E-state index contributed by atoms with van der Waals surface area (Å²) in [7, 11) is 3.03. The van der Waals surface area contributed by atoms with E-state index in [1.54, 1.807) is 24.3 Å². The Kier molecular flexibility index (Phi) is 5.26. The molecule has 0 saturated carbocycles. The van der Waals surface area contributed by atoms with Crippen LogP contribution in [0.4, 0.5) is 0 Å². The number of amides is 1. The second-order valence-electron chi connectivity index (χ2n) is 7.31. The van der Waals surface area contributed by atoms with Gasteiger partial charge in [-0.25, -0.2) is 19.3 Å². The molecule has 0 atom stereocenters. The Labute approximate surface area is 187 Å². The maximum atomic E-state index is 12.8. The summed E-state index contributed by atoms with van der Waals surface area (Å²) < 4.78 is 1.24. The molecule has 1 aliphatic heterocycles. The molecule has 0 fully saturated rings. The number of aryl methyl sites for hydroxylation is 1. The van der Waals surface area contributed by atoms with Crippen molar-refractivity contribution in [2.45, 2.75) is 0 Å². The molecule has 1 aliphatic rings. The Morgan fingerprint density at radius 1 is 0.879 bits per heavy atom. The van der Waals surface area contributed by atoms with E-state index in [1.807, 2.05) is 0 Å². The predicted octanol–water partition coefficient (Wildman–Crippen LogP) is 2.45. The molecule has 10 heteroatoms. The van der Waals surface area contributed by atoms with Crippen LogP contribution in [0.2, 0.25) is 0 Å². The smallest absolute Gasteiger partial charge is 0.335 e. The number of likely N-dealkylation sites (N-methyl/N-ethyl adjacent to an activating group) is 1. The first-order valence-corrected chi connectivity index (χ1v) is 9.69. The van der Waals surface area contributed by atoms with Gasteiger partial charge in [0.15, 0.2) is 0 Å². The Bertz CT molecular complexity index is 1350. The van der Waals surface area contributed by atoms with Crippen molar-refractivity contribution in [2.75, 3.05) is 7.05 Å². The zero-order valence-electron chi connectivity index (χ0n) is 17.6. The van der Waals surface area contributed by atoms with Crippen LogP contribution in [0.5, 0.6) is 5.88 Å². The molecule has 33 heavy (non-hydrogen) atoms. The van der Waals surface area contributed by atoms with Crippen LogP contribution in [-0.2, 0) is 11.8 Å². The molecular formula is C23H18N4O6. The molecule has 0 bridgehead atoms. The number of aromatic carboxylic acids is 2. The third-order valence-corrected chi connectivity index (χ3v) is 5.18. The summed E-state index contributed by atoms with van der Waals surface area (Å²) in [5.41, 5.74) is 2.38. The summed E-state index contributed by atoms with van der Waals surface area (Å²) in [4.78, 5) is 35.1. The summed E-state index contributed by atoms with van der Waals surface area (Å²) in [6.07, 6.45) is 1.47. The maximum Gasteiger partial charge on any atom is 0.335 e. The van der Waals surface area contributed by atoms with Crippen molar-refractivity contribution >= 4 is 29.6 Å². The van der Waals surface area contributed by atoms with Crippen LogP contribution in [0.3, 0.4) is 0 Å². The van der Waals surface area contributed by atoms with Crippen LogP contribution < -0.4 is 0 Å². The lowest BCUT2D eigenvalue weighted by atomic mass is 9.98. The zero-order valence-corrected chi connectivity index (χ0v) is 17.6. The van der Waals surface area contributed by atoms with Gasteiger partial charge in [-0.3, -0.25) is 4.79 Å². The summed E-state index contributed by atoms with van der Waals surface area (Å²) in [6.45, 7) is 0. The third kappa shape index (κ3) is 3.85. The fourth-order valence-electron chi connectivity index (χ4n) is 3.43. The van der Waals surface area contributed by atoms with E-state index in [0.29, 0.717) is 22.5 Å². The third-order valence-electron chi connectivity index (χ3n) is 5.18. The highest BCUT2D eigenvalue weighted by molar-refractivity contribution is 6.33. The molecule has 2 heterocycles. The number of carboxylic acid groups (broad SMARTS) is 2. The Morgan fingerprint density at radius 2 is 1.39 bits per heavy atom. The number of rotatable bonds is 5. The van der Waals surface area contributed by atoms with Crippen LogP contribution in [0.25, 0.3) is 17.3 Å². The molecule has 0 radical (unpaired) electrons. The first kappa shape index (κ1) is 21.5. The van der Waals surface area contributed by atoms with Crippen LogP contribution in [0.15, 0.2) is 59.2 Å². The van der Waals surface area contributed by atoms with Gasteiger partial charge in [0.2, 0.25) is 5.88 Å². The number of carbonyl (C=O) groups excluding carboxylic acids is 1. The van der Waals surface area contributed by atoms with E-state index >= 15 is 0 Å². The van der Waals surface area contributed by atoms with Crippen LogP contribution in [-0.4, -0.2) is 60.7 Å². The number of hydrazone groups is 1. The number of carbonyl (C=O) groups is 3. The van der Waals surface area contributed by atoms with Crippen molar-refractivity contribution in [3.05, 3.63) is 76.4 Å². The number of aromatic hydroxyl groups is 1. The molecule has 1 amide bonds. The number of hydrogen-bond acceptors (Lipinski definition) is 6. The Hall–Kier alpha value is -4.73. The highest BCUT2D eigenvalue weighted by Gasteiger charge is 2.30. The van der Waals surface area contributed by atoms with Gasteiger partial charge in [0, 0.05) is 25.2 Å². The average Bonchev–Trinajstić information content (AvgIpc) is 3.24. The number of aromatic nitrogens is 2. The molecule has 3 N–H and O–H groups in total. The van der Waals surface area contributed by atoms with Crippen LogP contribution in [0.1, 0.15) is 31.8 Å². The minimum absolute atomic E-state index is 0.0968. The largest absolute Gasteiger partial charge is 0.493 e. The fourth-order valence-corrected chi connectivity index (χ4v) is 3.43. The number of benzene rings is 2. The second kappa shape index (κ2) is 8.08. The zero-order chi connectivity index (χ0) is 23.9.